The smallest absolute Gasteiger partial charge is 0.309 e. The van der Waals surface area contributed by atoms with E-state index in [9.17, 15) is 4.79 Å². The van der Waals surface area contributed by atoms with Crippen LogP contribution in [-0.2, 0) is 16.0 Å². The highest BCUT2D eigenvalue weighted by Crippen LogP contribution is 2.22. The average molecular weight is 224 g/mol. The second kappa shape index (κ2) is 5.81. The number of benzene rings is 1. The summed E-state index contributed by atoms with van der Waals surface area (Å²) in [7, 11) is 1.41. The number of esters is 1. The highest BCUT2D eigenvalue weighted by molar-refractivity contribution is 7.99. The first-order valence-electron chi connectivity index (χ1n) is 4.94. The number of methoxy groups -OCH3 is 1. The predicted molar refractivity (Wildman–Crippen MR) is 63.2 cm³/mol. The van der Waals surface area contributed by atoms with Gasteiger partial charge in [0, 0.05) is 10.1 Å². The molecule has 0 saturated heterocycles. The Morgan fingerprint density at radius 3 is 2.40 bits per heavy atom. The summed E-state index contributed by atoms with van der Waals surface area (Å²) in [5.41, 5.74) is 0.995. The van der Waals surface area contributed by atoms with E-state index in [1.807, 2.05) is 36.0 Å². The molecule has 1 rings (SSSR count). The largest absolute Gasteiger partial charge is 0.469 e. The molecule has 2 nitrogen and oxygen atoms in total. The molecule has 15 heavy (non-hydrogen) atoms. The van der Waals surface area contributed by atoms with Crippen LogP contribution in [0.5, 0.6) is 0 Å². The van der Waals surface area contributed by atoms with Crippen LogP contribution < -0.4 is 0 Å². The minimum absolute atomic E-state index is 0.195. The predicted octanol–water partition coefficient (Wildman–Crippen LogP) is 2.90. The van der Waals surface area contributed by atoms with Crippen molar-refractivity contribution in [2.24, 2.45) is 0 Å². The van der Waals surface area contributed by atoms with Gasteiger partial charge in [0.25, 0.3) is 0 Å². The molecule has 0 bridgehead atoms. The van der Waals surface area contributed by atoms with Gasteiger partial charge in [-0.2, -0.15) is 0 Å². The molecule has 3 heteroatoms. The Morgan fingerprint density at radius 1 is 1.33 bits per heavy atom. The summed E-state index contributed by atoms with van der Waals surface area (Å²) in [5, 5.41) is 0.580. The van der Waals surface area contributed by atoms with E-state index in [0.29, 0.717) is 11.7 Å². The fourth-order valence-corrected chi connectivity index (χ4v) is 2.03. The van der Waals surface area contributed by atoms with E-state index in [1.54, 1.807) is 0 Å². The van der Waals surface area contributed by atoms with Gasteiger partial charge in [0.1, 0.15) is 0 Å². The van der Waals surface area contributed by atoms with Crippen molar-refractivity contribution in [3.05, 3.63) is 29.8 Å². The Morgan fingerprint density at radius 2 is 1.93 bits per heavy atom. The molecule has 0 aliphatic carbocycles. The Balaban J connectivity index is 2.60. The molecule has 1 aromatic rings. The van der Waals surface area contributed by atoms with Crippen molar-refractivity contribution in [3.63, 3.8) is 0 Å². The molecule has 0 unspecified atom stereocenters. The molecule has 0 heterocycles. The van der Waals surface area contributed by atoms with Crippen LogP contribution in [0.2, 0.25) is 0 Å². The van der Waals surface area contributed by atoms with Gasteiger partial charge in [-0.1, -0.05) is 26.0 Å². The second-order valence-electron chi connectivity index (χ2n) is 3.56. The topological polar surface area (TPSA) is 26.3 Å². The standard InChI is InChI=1S/C12H16O2S/c1-9(2)15-11-6-4-10(5-7-11)8-12(13)14-3/h4-7,9H,8H2,1-3H3. The zero-order chi connectivity index (χ0) is 11.3. The summed E-state index contributed by atoms with van der Waals surface area (Å²) in [5.74, 6) is -0.195. The van der Waals surface area contributed by atoms with Crippen molar-refractivity contribution >= 4 is 17.7 Å². The molecular formula is C12H16O2S. The van der Waals surface area contributed by atoms with Gasteiger partial charge < -0.3 is 4.74 Å². The van der Waals surface area contributed by atoms with E-state index in [-0.39, 0.29) is 5.97 Å². The van der Waals surface area contributed by atoms with Crippen molar-refractivity contribution in [2.75, 3.05) is 7.11 Å². The molecule has 0 aliphatic rings. The summed E-state index contributed by atoms with van der Waals surface area (Å²) in [6, 6.07) is 8.04. The van der Waals surface area contributed by atoms with Gasteiger partial charge in [-0.05, 0) is 17.7 Å². The second-order valence-corrected chi connectivity index (χ2v) is 5.21. The fraction of sp³-hybridized carbons (Fsp3) is 0.417. The third kappa shape index (κ3) is 4.38. The molecular weight excluding hydrogens is 208 g/mol. The van der Waals surface area contributed by atoms with Crippen LogP contribution in [0, 0.1) is 0 Å². The molecule has 0 aliphatic heterocycles. The fourth-order valence-electron chi connectivity index (χ4n) is 1.20. The maximum absolute atomic E-state index is 11.0. The van der Waals surface area contributed by atoms with Crippen molar-refractivity contribution in [1.82, 2.24) is 0 Å². The number of thioether (sulfide) groups is 1. The maximum Gasteiger partial charge on any atom is 0.309 e. The molecule has 1 aromatic carbocycles. The highest BCUT2D eigenvalue weighted by atomic mass is 32.2. The molecule has 0 amide bonds. The van der Waals surface area contributed by atoms with Crippen molar-refractivity contribution in [2.45, 2.75) is 30.4 Å². The molecule has 0 atom stereocenters. The van der Waals surface area contributed by atoms with Gasteiger partial charge >= 0.3 is 5.97 Å². The summed E-state index contributed by atoms with van der Waals surface area (Å²) < 4.78 is 4.60. The molecule has 0 N–H and O–H groups in total. The summed E-state index contributed by atoms with van der Waals surface area (Å²) in [6.07, 6.45) is 0.350. The quantitative estimate of drug-likeness (QED) is 0.581. The number of carbonyl (C=O) groups is 1. The summed E-state index contributed by atoms with van der Waals surface area (Å²) in [4.78, 5) is 12.3. The van der Waals surface area contributed by atoms with E-state index in [4.69, 9.17) is 0 Å². The maximum atomic E-state index is 11.0. The number of rotatable bonds is 4. The molecule has 0 aromatic heterocycles. The van der Waals surface area contributed by atoms with Crippen LogP contribution in [0.3, 0.4) is 0 Å². The average Bonchev–Trinajstić information content (AvgIpc) is 2.20. The number of ether oxygens (including phenoxy) is 1. The third-order valence-corrected chi connectivity index (χ3v) is 2.89. The minimum Gasteiger partial charge on any atom is -0.469 e. The normalized spacial score (nSPS) is 10.4. The lowest BCUT2D eigenvalue weighted by Crippen LogP contribution is -2.04. The summed E-state index contributed by atoms with van der Waals surface area (Å²) in [6.45, 7) is 4.32. The zero-order valence-corrected chi connectivity index (χ0v) is 10.1. The highest BCUT2D eigenvalue weighted by Gasteiger charge is 2.03. The van der Waals surface area contributed by atoms with Crippen LogP contribution in [-0.4, -0.2) is 18.3 Å². The van der Waals surface area contributed by atoms with Gasteiger partial charge in [0.2, 0.25) is 0 Å². The van der Waals surface area contributed by atoms with Crippen LogP contribution >= 0.6 is 11.8 Å². The van der Waals surface area contributed by atoms with Crippen LogP contribution in [0.15, 0.2) is 29.2 Å². The van der Waals surface area contributed by atoms with E-state index < -0.39 is 0 Å². The lowest BCUT2D eigenvalue weighted by Gasteiger charge is -2.05. The van der Waals surface area contributed by atoms with E-state index in [1.165, 1.54) is 12.0 Å². The number of carbonyl (C=O) groups excluding carboxylic acids is 1. The van der Waals surface area contributed by atoms with E-state index >= 15 is 0 Å². The van der Waals surface area contributed by atoms with Gasteiger partial charge in [0.05, 0.1) is 13.5 Å². The van der Waals surface area contributed by atoms with Gasteiger partial charge in [-0.25, -0.2) is 0 Å². The van der Waals surface area contributed by atoms with Gasteiger partial charge in [0.15, 0.2) is 0 Å². The van der Waals surface area contributed by atoms with Crippen molar-refractivity contribution in [1.29, 1.82) is 0 Å². The summed E-state index contributed by atoms with van der Waals surface area (Å²) >= 11 is 1.82. The lowest BCUT2D eigenvalue weighted by molar-refractivity contribution is -0.139. The zero-order valence-electron chi connectivity index (χ0n) is 9.32. The third-order valence-electron chi connectivity index (χ3n) is 1.87. The first-order chi connectivity index (χ1) is 7.11. The molecule has 0 saturated carbocycles. The number of hydrogen-bond donors (Lipinski definition) is 0. The monoisotopic (exact) mass is 224 g/mol. The van der Waals surface area contributed by atoms with Crippen LogP contribution in [0.25, 0.3) is 0 Å². The molecule has 0 fully saturated rings. The SMILES string of the molecule is COC(=O)Cc1ccc(SC(C)C)cc1. The Labute approximate surface area is 95.0 Å². The molecule has 0 radical (unpaired) electrons. The van der Waals surface area contributed by atoms with Crippen molar-refractivity contribution in [3.8, 4) is 0 Å². The van der Waals surface area contributed by atoms with Crippen LogP contribution in [0.4, 0.5) is 0 Å². The van der Waals surface area contributed by atoms with E-state index in [0.717, 1.165) is 5.56 Å². The van der Waals surface area contributed by atoms with Gasteiger partial charge in [-0.15, -0.1) is 11.8 Å². The van der Waals surface area contributed by atoms with Gasteiger partial charge in [-0.3, -0.25) is 4.79 Å². The van der Waals surface area contributed by atoms with E-state index in [2.05, 4.69) is 18.6 Å². The van der Waals surface area contributed by atoms with Crippen molar-refractivity contribution < 1.29 is 9.53 Å². The minimum atomic E-state index is -0.195. The first-order valence-corrected chi connectivity index (χ1v) is 5.82. The molecule has 0 spiro atoms. The Bertz CT molecular complexity index is 317. The Hall–Kier alpha value is -0.960. The lowest BCUT2D eigenvalue weighted by atomic mass is 10.2. The Kier molecular flexibility index (Phi) is 4.69. The number of hydrogen-bond acceptors (Lipinski definition) is 3. The first kappa shape index (κ1) is 12.1. The molecule has 82 valence electrons. The van der Waals surface area contributed by atoms with Crippen LogP contribution in [0.1, 0.15) is 19.4 Å².